The lowest BCUT2D eigenvalue weighted by molar-refractivity contribution is -0.148. The van der Waals surface area contributed by atoms with Crippen molar-refractivity contribution in [2.45, 2.75) is 45.6 Å². The summed E-state index contributed by atoms with van der Waals surface area (Å²) in [6.07, 6.45) is -1.90. The largest absolute Gasteiger partial charge is 0.467 e. The molecule has 0 radical (unpaired) electrons. The Morgan fingerprint density at radius 1 is 1.04 bits per heavy atom. The molecule has 0 aliphatic heterocycles. The van der Waals surface area contributed by atoms with Gasteiger partial charge in [-0.3, -0.25) is 4.79 Å². The van der Waals surface area contributed by atoms with Crippen LogP contribution < -0.4 is 10.6 Å². The van der Waals surface area contributed by atoms with Crippen molar-refractivity contribution in [3.05, 3.63) is 35.9 Å². The molecule has 0 saturated carbocycles. The summed E-state index contributed by atoms with van der Waals surface area (Å²) in [5, 5.41) is 14.5. The lowest BCUT2D eigenvalue weighted by Crippen LogP contribution is -2.56. The van der Waals surface area contributed by atoms with E-state index in [0.29, 0.717) is 0 Å². The molecule has 0 aromatic heterocycles. The van der Waals surface area contributed by atoms with Crippen molar-refractivity contribution in [1.82, 2.24) is 10.6 Å². The molecule has 0 heterocycles. The zero-order valence-corrected chi connectivity index (χ0v) is 15.4. The summed E-state index contributed by atoms with van der Waals surface area (Å²) in [7, 11) is 1.16. The minimum atomic E-state index is -1.23. The van der Waals surface area contributed by atoms with E-state index in [-0.39, 0.29) is 12.5 Å². The average molecular weight is 366 g/mol. The SMILES string of the molecule is COC(=O)[C@H](NC(=O)[C@H](NC(=O)OCc1ccccc1)C(C)C)C(C)O. The van der Waals surface area contributed by atoms with Crippen molar-refractivity contribution in [3.63, 3.8) is 0 Å². The highest BCUT2D eigenvalue weighted by Crippen LogP contribution is 2.06. The molecular formula is C18H26N2O6. The molecule has 8 heteroatoms. The van der Waals surface area contributed by atoms with E-state index in [1.165, 1.54) is 6.92 Å². The third-order valence-electron chi connectivity index (χ3n) is 3.67. The van der Waals surface area contributed by atoms with E-state index in [1.54, 1.807) is 13.8 Å². The first-order valence-electron chi connectivity index (χ1n) is 8.29. The first kappa shape index (κ1) is 21.4. The summed E-state index contributed by atoms with van der Waals surface area (Å²) in [6, 6.07) is 6.95. The average Bonchev–Trinajstić information content (AvgIpc) is 2.61. The van der Waals surface area contributed by atoms with Crippen LogP contribution in [-0.2, 0) is 25.7 Å². The number of amides is 2. The molecule has 0 aliphatic carbocycles. The van der Waals surface area contributed by atoms with E-state index in [4.69, 9.17) is 4.74 Å². The number of aliphatic hydroxyl groups excluding tert-OH is 1. The maximum Gasteiger partial charge on any atom is 0.408 e. The number of hydrogen-bond donors (Lipinski definition) is 3. The highest BCUT2D eigenvalue weighted by molar-refractivity contribution is 5.90. The van der Waals surface area contributed by atoms with Crippen molar-refractivity contribution in [2.24, 2.45) is 5.92 Å². The van der Waals surface area contributed by atoms with Gasteiger partial charge in [-0.15, -0.1) is 0 Å². The Bertz CT molecular complexity index is 603. The smallest absolute Gasteiger partial charge is 0.408 e. The number of alkyl carbamates (subject to hydrolysis) is 1. The summed E-state index contributed by atoms with van der Waals surface area (Å²) >= 11 is 0. The second kappa shape index (κ2) is 10.4. The molecule has 0 saturated heterocycles. The summed E-state index contributed by atoms with van der Waals surface area (Å²) < 4.78 is 9.67. The maximum atomic E-state index is 12.4. The van der Waals surface area contributed by atoms with Crippen LogP contribution in [0, 0.1) is 5.92 Å². The van der Waals surface area contributed by atoms with Crippen LogP contribution >= 0.6 is 0 Å². The van der Waals surface area contributed by atoms with Gasteiger partial charge in [-0.25, -0.2) is 9.59 Å². The first-order chi connectivity index (χ1) is 12.3. The molecule has 1 aromatic rings. The predicted octanol–water partition coefficient (Wildman–Crippen LogP) is 0.976. The van der Waals surface area contributed by atoms with Gasteiger partial charge < -0.3 is 25.2 Å². The molecule has 0 bridgehead atoms. The van der Waals surface area contributed by atoms with Gasteiger partial charge in [0.05, 0.1) is 13.2 Å². The number of esters is 1. The van der Waals surface area contributed by atoms with Crippen LogP contribution in [0.15, 0.2) is 30.3 Å². The molecule has 1 rings (SSSR count). The lowest BCUT2D eigenvalue weighted by atomic mass is 10.0. The standard InChI is InChI=1S/C18H26N2O6/c1-11(2)14(16(22)19-15(12(3)21)17(23)25-4)20-18(24)26-10-13-8-6-5-7-9-13/h5-9,11-12,14-15,21H,10H2,1-4H3,(H,19,22)(H,20,24)/t12?,14-,15-/m1/s1. The molecule has 3 atom stereocenters. The van der Waals surface area contributed by atoms with Gasteiger partial charge in [-0.1, -0.05) is 44.2 Å². The van der Waals surface area contributed by atoms with Gasteiger partial charge in [0, 0.05) is 0 Å². The van der Waals surface area contributed by atoms with Crippen LogP contribution in [0.4, 0.5) is 4.79 Å². The number of ether oxygens (including phenoxy) is 2. The number of nitrogens with one attached hydrogen (secondary N) is 2. The topological polar surface area (TPSA) is 114 Å². The molecule has 3 N–H and O–H groups in total. The number of hydrogen-bond acceptors (Lipinski definition) is 6. The van der Waals surface area contributed by atoms with Gasteiger partial charge in [-0.2, -0.15) is 0 Å². The number of rotatable bonds is 8. The Kier molecular flexibility index (Phi) is 8.57. The van der Waals surface area contributed by atoms with E-state index in [2.05, 4.69) is 15.4 Å². The third-order valence-corrected chi connectivity index (χ3v) is 3.67. The Hall–Kier alpha value is -2.61. The maximum absolute atomic E-state index is 12.4. The van der Waals surface area contributed by atoms with E-state index in [1.807, 2.05) is 30.3 Å². The minimum Gasteiger partial charge on any atom is -0.467 e. The van der Waals surface area contributed by atoms with Crippen molar-refractivity contribution in [1.29, 1.82) is 0 Å². The minimum absolute atomic E-state index is 0.0670. The molecular weight excluding hydrogens is 340 g/mol. The van der Waals surface area contributed by atoms with Crippen LogP contribution in [0.2, 0.25) is 0 Å². The van der Waals surface area contributed by atoms with Crippen molar-refractivity contribution in [2.75, 3.05) is 7.11 Å². The third kappa shape index (κ3) is 6.72. The van der Waals surface area contributed by atoms with E-state index >= 15 is 0 Å². The van der Waals surface area contributed by atoms with Crippen LogP contribution in [0.25, 0.3) is 0 Å². The molecule has 26 heavy (non-hydrogen) atoms. The van der Waals surface area contributed by atoms with Crippen LogP contribution in [0.3, 0.4) is 0 Å². The predicted molar refractivity (Wildman–Crippen MR) is 94.0 cm³/mol. The highest BCUT2D eigenvalue weighted by atomic mass is 16.5. The first-order valence-corrected chi connectivity index (χ1v) is 8.29. The van der Waals surface area contributed by atoms with Crippen LogP contribution in [0.1, 0.15) is 26.3 Å². The fraction of sp³-hybridized carbons (Fsp3) is 0.500. The Morgan fingerprint density at radius 3 is 2.15 bits per heavy atom. The quantitative estimate of drug-likeness (QED) is 0.591. The van der Waals surface area contributed by atoms with Gasteiger partial charge in [0.1, 0.15) is 12.6 Å². The van der Waals surface area contributed by atoms with Crippen molar-refractivity contribution >= 4 is 18.0 Å². The highest BCUT2D eigenvalue weighted by Gasteiger charge is 2.31. The van der Waals surface area contributed by atoms with Crippen LogP contribution in [0.5, 0.6) is 0 Å². The number of aliphatic hydroxyl groups is 1. The molecule has 0 aliphatic rings. The van der Waals surface area contributed by atoms with E-state index in [9.17, 15) is 19.5 Å². The second-order valence-electron chi connectivity index (χ2n) is 6.18. The zero-order valence-electron chi connectivity index (χ0n) is 15.4. The fourth-order valence-electron chi connectivity index (χ4n) is 2.17. The Labute approximate surface area is 152 Å². The summed E-state index contributed by atoms with van der Waals surface area (Å²) in [5.41, 5.74) is 0.813. The number of benzene rings is 1. The molecule has 8 nitrogen and oxygen atoms in total. The number of carbonyl (C=O) groups excluding carboxylic acids is 3. The van der Waals surface area contributed by atoms with E-state index < -0.39 is 36.2 Å². The van der Waals surface area contributed by atoms with Gasteiger partial charge in [-0.05, 0) is 18.4 Å². The van der Waals surface area contributed by atoms with Gasteiger partial charge in [0.15, 0.2) is 6.04 Å². The number of carbonyl (C=O) groups is 3. The Morgan fingerprint density at radius 2 is 1.65 bits per heavy atom. The monoisotopic (exact) mass is 366 g/mol. The normalized spacial score (nSPS) is 14.1. The van der Waals surface area contributed by atoms with E-state index in [0.717, 1.165) is 12.7 Å². The lowest BCUT2D eigenvalue weighted by Gasteiger charge is -2.25. The molecule has 0 spiro atoms. The molecule has 2 amide bonds. The second-order valence-corrected chi connectivity index (χ2v) is 6.18. The summed E-state index contributed by atoms with van der Waals surface area (Å²) in [4.78, 5) is 36.1. The van der Waals surface area contributed by atoms with Gasteiger partial charge in [0.2, 0.25) is 5.91 Å². The van der Waals surface area contributed by atoms with Gasteiger partial charge in [0.25, 0.3) is 0 Å². The van der Waals surface area contributed by atoms with Crippen molar-refractivity contribution in [3.8, 4) is 0 Å². The zero-order chi connectivity index (χ0) is 19.7. The van der Waals surface area contributed by atoms with Gasteiger partial charge >= 0.3 is 12.1 Å². The molecule has 144 valence electrons. The molecule has 0 fully saturated rings. The summed E-state index contributed by atoms with van der Waals surface area (Å²) in [6.45, 7) is 4.89. The van der Waals surface area contributed by atoms with Crippen LogP contribution in [-0.4, -0.2) is 48.4 Å². The van der Waals surface area contributed by atoms with Crippen molar-refractivity contribution < 1.29 is 29.0 Å². The molecule has 1 unspecified atom stereocenters. The Balaban J connectivity index is 2.67. The summed E-state index contributed by atoms with van der Waals surface area (Å²) in [5.74, 6) is -1.66. The number of methoxy groups -OCH3 is 1. The fourth-order valence-corrected chi connectivity index (χ4v) is 2.17. The molecule has 1 aromatic carbocycles.